The van der Waals surface area contributed by atoms with E-state index in [4.69, 9.17) is 5.73 Å². The van der Waals surface area contributed by atoms with Crippen molar-refractivity contribution in [2.75, 3.05) is 13.1 Å². The lowest BCUT2D eigenvalue weighted by atomic mass is 9.94. The van der Waals surface area contributed by atoms with Crippen LogP contribution in [0.3, 0.4) is 0 Å². The Morgan fingerprint density at radius 3 is 2.55 bits per heavy atom. The molecule has 0 bridgehead atoms. The minimum absolute atomic E-state index is 0.118. The van der Waals surface area contributed by atoms with E-state index in [-0.39, 0.29) is 23.7 Å². The van der Waals surface area contributed by atoms with Crippen LogP contribution in [0.4, 0.5) is 0 Å². The summed E-state index contributed by atoms with van der Waals surface area (Å²) >= 11 is 0. The highest BCUT2D eigenvalue weighted by atomic mass is 16.4. The highest BCUT2D eigenvalue weighted by Gasteiger charge is 2.31. The van der Waals surface area contributed by atoms with Crippen LogP contribution in [0.15, 0.2) is 30.5 Å². The van der Waals surface area contributed by atoms with Gasteiger partial charge in [0.2, 0.25) is 11.8 Å². The van der Waals surface area contributed by atoms with Crippen LogP contribution in [0.25, 0.3) is 10.9 Å². The largest absolute Gasteiger partial charge is 0.480 e. The maximum absolute atomic E-state index is 12.8. The summed E-state index contributed by atoms with van der Waals surface area (Å²) in [7, 11) is 0. The Bertz CT molecular complexity index is 931. The molecule has 31 heavy (non-hydrogen) atoms. The first kappa shape index (κ1) is 22.8. The monoisotopic (exact) mass is 428 g/mol. The van der Waals surface area contributed by atoms with Gasteiger partial charge in [-0.3, -0.25) is 9.59 Å². The van der Waals surface area contributed by atoms with Gasteiger partial charge >= 0.3 is 5.97 Å². The number of para-hydroxylation sites is 1. The average molecular weight is 429 g/mol. The van der Waals surface area contributed by atoms with Crippen molar-refractivity contribution in [1.29, 1.82) is 0 Å². The number of amides is 2. The van der Waals surface area contributed by atoms with E-state index in [0.717, 1.165) is 16.5 Å². The number of fused-ring (bicyclic) bond motifs is 1. The molecule has 2 aromatic rings. The summed E-state index contributed by atoms with van der Waals surface area (Å²) in [6.45, 7) is 4.73. The van der Waals surface area contributed by atoms with Crippen LogP contribution >= 0.6 is 0 Å². The smallest absolute Gasteiger partial charge is 0.326 e. The number of nitrogens with one attached hydrogen (secondary N) is 2. The van der Waals surface area contributed by atoms with Gasteiger partial charge in [0.25, 0.3) is 0 Å². The van der Waals surface area contributed by atoms with E-state index in [1.807, 2.05) is 44.3 Å². The quantitative estimate of drug-likeness (QED) is 0.510. The number of H-pyrrole nitrogens is 1. The summed E-state index contributed by atoms with van der Waals surface area (Å²) in [6, 6.07) is 6.38. The van der Waals surface area contributed by atoms with E-state index in [1.165, 1.54) is 0 Å². The van der Waals surface area contributed by atoms with Crippen LogP contribution in [-0.4, -0.2) is 57.9 Å². The number of aromatic nitrogens is 1. The number of aromatic amines is 1. The summed E-state index contributed by atoms with van der Waals surface area (Å²) in [6.07, 6.45) is 3.74. The molecule has 1 aromatic heterocycles. The summed E-state index contributed by atoms with van der Waals surface area (Å²) < 4.78 is 0. The number of carboxylic acids is 1. The lowest BCUT2D eigenvalue weighted by molar-refractivity contribution is -0.143. The zero-order valence-electron chi connectivity index (χ0n) is 18.1. The second-order valence-corrected chi connectivity index (χ2v) is 8.80. The van der Waals surface area contributed by atoms with E-state index < -0.39 is 18.1 Å². The molecule has 1 aliphatic heterocycles. The molecule has 1 aromatic carbocycles. The number of likely N-dealkylation sites (tertiary alicyclic amines) is 1. The summed E-state index contributed by atoms with van der Waals surface area (Å²) in [5.41, 5.74) is 8.25. The Balaban J connectivity index is 1.52. The third kappa shape index (κ3) is 5.64. The topological polar surface area (TPSA) is 129 Å². The zero-order valence-corrected chi connectivity index (χ0v) is 18.1. The SMILES string of the molecule is CC(C)CC(NC(=O)C1CCN(C(=O)C(N)Cc2c[nH]c3ccccc23)CC1)C(=O)O. The molecule has 2 amide bonds. The molecule has 1 saturated heterocycles. The van der Waals surface area contributed by atoms with Gasteiger partial charge in [-0.2, -0.15) is 0 Å². The van der Waals surface area contributed by atoms with Crippen LogP contribution in [-0.2, 0) is 20.8 Å². The fourth-order valence-corrected chi connectivity index (χ4v) is 4.20. The number of benzene rings is 1. The van der Waals surface area contributed by atoms with Crippen LogP contribution < -0.4 is 11.1 Å². The zero-order chi connectivity index (χ0) is 22.5. The van der Waals surface area contributed by atoms with Gasteiger partial charge in [0.15, 0.2) is 0 Å². The van der Waals surface area contributed by atoms with E-state index in [9.17, 15) is 19.5 Å². The number of rotatable bonds is 8. The van der Waals surface area contributed by atoms with Crippen molar-refractivity contribution >= 4 is 28.7 Å². The van der Waals surface area contributed by atoms with Gasteiger partial charge in [0, 0.05) is 36.1 Å². The molecular weight excluding hydrogens is 396 g/mol. The summed E-state index contributed by atoms with van der Waals surface area (Å²) in [4.78, 5) is 41.7. The first-order valence-electron chi connectivity index (χ1n) is 10.9. The molecule has 168 valence electrons. The lowest BCUT2D eigenvalue weighted by Gasteiger charge is -2.33. The van der Waals surface area contributed by atoms with Crippen molar-refractivity contribution in [3.63, 3.8) is 0 Å². The number of carbonyl (C=O) groups is 3. The van der Waals surface area contributed by atoms with Gasteiger partial charge in [-0.15, -0.1) is 0 Å². The highest BCUT2D eigenvalue weighted by Crippen LogP contribution is 2.21. The Hall–Kier alpha value is -2.87. The molecule has 0 saturated carbocycles. The second-order valence-electron chi connectivity index (χ2n) is 8.80. The second kappa shape index (κ2) is 9.96. The fraction of sp³-hybridized carbons (Fsp3) is 0.522. The third-order valence-electron chi connectivity index (χ3n) is 5.93. The molecule has 0 radical (unpaired) electrons. The molecule has 5 N–H and O–H groups in total. The van der Waals surface area contributed by atoms with Crippen LogP contribution in [0.5, 0.6) is 0 Å². The molecule has 3 rings (SSSR count). The Kier molecular flexibility index (Phi) is 7.33. The van der Waals surface area contributed by atoms with Crippen LogP contribution in [0.2, 0.25) is 0 Å². The summed E-state index contributed by atoms with van der Waals surface area (Å²) in [5, 5.41) is 13.1. The molecule has 2 unspecified atom stereocenters. The molecule has 8 nitrogen and oxygen atoms in total. The van der Waals surface area contributed by atoms with Gasteiger partial charge in [0.05, 0.1) is 6.04 Å². The molecule has 8 heteroatoms. The van der Waals surface area contributed by atoms with E-state index >= 15 is 0 Å². The van der Waals surface area contributed by atoms with Gasteiger partial charge < -0.3 is 26.0 Å². The van der Waals surface area contributed by atoms with Crippen molar-refractivity contribution in [1.82, 2.24) is 15.2 Å². The first-order chi connectivity index (χ1) is 14.8. The Morgan fingerprint density at radius 1 is 1.23 bits per heavy atom. The van der Waals surface area contributed by atoms with Gasteiger partial charge in [0.1, 0.15) is 6.04 Å². The van der Waals surface area contributed by atoms with Crippen molar-refractivity contribution in [3.8, 4) is 0 Å². The number of hydrogen-bond acceptors (Lipinski definition) is 4. The van der Waals surface area contributed by atoms with Crippen LogP contribution in [0.1, 0.15) is 38.7 Å². The number of nitrogens with two attached hydrogens (primary N) is 1. The van der Waals surface area contributed by atoms with Crippen molar-refractivity contribution in [3.05, 3.63) is 36.0 Å². The molecule has 0 aliphatic carbocycles. The van der Waals surface area contributed by atoms with Crippen molar-refractivity contribution < 1.29 is 19.5 Å². The maximum atomic E-state index is 12.8. The third-order valence-corrected chi connectivity index (χ3v) is 5.93. The van der Waals surface area contributed by atoms with E-state index in [0.29, 0.717) is 38.8 Å². The van der Waals surface area contributed by atoms with Crippen molar-refractivity contribution in [2.24, 2.45) is 17.6 Å². The molecular formula is C23H32N4O4. The molecule has 0 spiro atoms. The average Bonchev–Trinajstić information content (AvgIpc) is 3.15. The fourth-order valence-electron chi connectivity index (χ4n) is 4.20. The van der Waals surface area contributed by atoms with Gasteiger partial charge in [-0.05, 0) is 43.2 Å². The molecule has 2 atom stereocenters. The van der Waals surface area contributed by atoms with Crippen molar-refractivity contribution in [2.45, 2.75) is 51.6 Å². The van der Waals surface area contributed by atoms with Gasteiger partial charge in [-0.1, -0.05) is 32.0 Å². The summed E-state index contributed by atoms with van der Waals surface area (Å²) in [5.74, 6) is -1.50. The number of carboxylic acid groups (broad SMARTS) is 1. The minimum Gasteiger partial charge on any atom is -0.480 e. The standard InChI is InChI=1S/C23H32N4O4/c1-14(2)11-20(23(30)31)26-21(28)15-7-9-27(10-8-15)22(29)18(24)12-16-13-25-19-6-4-3-5-17(16)19/h3-6,13-15,18,20,25H,7-12,24H2,1-2H3,(H,26,28)(H,30,31). The first-order valence-corrected chi connectivity index (χ1v) is 10.9. The number of aliphatic carboxylic acids is 1. The highest BCUT2D eigenvalue weighted by molar-refractivity contribution is 5.87. The van der Waals surface area contributed by atoms with E-state index in [1.54, 1.807) is 4.90 Å². The number of nitrogens with zero attached hydrogens (tertiary/aromatic N) is 1. The Morgan fingerprint density at radius 2 is 1.90 bits per heavy atom. The molecule has 2 heterocycles. The molecule has 1 aliphatic rings. The predicted molar refractivity (Wildman–Crippen MR) is 118 cm³/mol. The predicted octanol–water partition coefficient (Wildman–Crippen LogP) is 1.89. The maximum Gasteiger partial charge on any atom is 0.326 e. The molecule has 1 fully saturated rings. The normalized spacial score (nSPS) is 17.0. The number of hydrogen-bond donors (Lipinski definition) is 4. The Labute approximate surface area is 182 Å². The van der Waals surface area contributed by atoms with Crippen LogP contribution in [0, 0.1) is 11.8 Å². The number of carbonyl (C=O) groups excluding carboxylic acids is 2. The number of piperidine rings is 1. The van der Waals surface area contributed by atoms with E-state index in [2.05, 4.69) is 10.3 Å². The van der Waals surface area contributed by atoms with Gasteiger partial charge in [-0.25, -0.2) is 4.79 Å². The minimum atomic E-state index is -1.02. The lowest BCUT2D eigenvalue weighted by Crippen LogP contribution is -2.51.